The van der Waals surface area contributed by atoms with Crippen molar-refractivity contribution in [2.45, 2.75) is 13.0 Å². The van der Waals surface area contributed by atoms with Gasteiger partial charge in [0.25, 0.3) is 0 Å². The lowest BCUT2D eigenvalue weighted by Gasteiger charge is -2.04. The highest BCUT2D eigenvalue weighted by Crippen LogP contribution is 2.09. The molecule has 0 fully saturated rings. The molecule has 20 heavy (non-hydrogen) atoms. The first kappa shape index (κ1) is 13.9. The largest absolute Gasteiger partial charge is 0.476 e. The van der Waals surface area contributed by atoms with E-state index < -0.39 is 5.97 Å². The van der Waals surface area contributed by atoms with Gasteiger partial charge >= 0.3 is 12.0 Å². The summed E-state index contributed by atoms with van der Waals surface area (Å²) in [4.78, 5) is 29.7. The van der Waals surface area contributed by atoms with Crippen LogP contribution in [0.15, 0.2) is 16.2 Å². The molecule has 0 saturated heterocycles. The van der Waals surface area contributed by atoms with Crippen molar-refractivity contribution in [2.24, 2.45) is 0 Å². The van der Waals surface area contributed by atoms with Crippen LogP contribution in [0.2, 0.25) is 0 Å². The van der Waals surface area contributed by atoms with Crippen molar-refractivity contribution >= 4 is 23.3 Å². The fourth-order valence-electron chi connectivity index (χ4n) is 1.30. The van der Waals surface area contributed by atoms with Crippen LogP contribution in [0.3, 0.4) is 0 Å². The number of thiazole rings is 1. The maximum absolute atomic E-state index is 11.5. The minimum absolute atomic E-state index is 0.0244. The Hall–Kier alpha value is -2.49. The van der Waals surface area contributed by atoms with E-state index in [1.54, 1.807) is 0 Å². The third-order valence-corrected chi connectivity index (χ3v) is 3.05. The topological polar surface area (TPSA) is 130 Å². The fourth-order valence-corrected chi connectivity index (χ4v) is 2.01. The Morgan fingerprint density at radius 1 is 1.40 bits per heavy atom. The van der Waals surface area contributed by atoms with E-state index >= 15 is 0 Å². The second-order valence-corrected chi connectivity index (χ2v) is 4.57. The molecule has 9 nitrogen and oxygen atoms in total. The molecule has 0 aliphatic heterocycles. The van der Waals surface area contributed by atoms with Gasteiger partial charge in [-0.15, -0.1) is 11.3 Å². The van der Waals surface area contributed by atoms with Gasteiger partial charge in [-0.3, -0.25) is 0 Å². The van der Waals surface area contributed by atoms with E-state index in [0.29, 0.717) is 23.9 Å². The molecule has 0 spiro atoms. The summed E-state index contributed by atoms with van der Waals surface area (Å²) in [6.45, 7) is 0.524. The summed E-state index contributed by atoms with van der Waals surface area (Å²) < 4.78 is 4.77. The van der Waals surface area contributed by atoms with Crippen LogP contribution >= 0.6 is 11.3 Å². The maximum atomic E-state index is 11.5. The Labute approximate surface area is 117 Å². The molecule has 10 heteroatoms. The van der Waals surface area contributed by atoms with Gasteiger partial charge in [0.05, 0.1) is 6.54 Å². The lowest BCUT2D eigenvalue weighted by Crippen LogP contribution is -2.36. The molecule has 0 aromatic carbocycles. The van der Waals surface area contributed by atoms with Crippen LogP contribution < -0.4 is 10.6 Å². The average Bonchev–Trinajstić information content (AvgIpc) is 3.07. The van der Waals surface area contributed by atoms with E-state index in [2.05, 4.69) is 25.8 Å². The Balaban J connectivity index is 1.67. The SMILES string of the molecule is O=C(NCCc1ncno1)NCc1nc(C(=O)O)cs1. The molecule has 0 radical (unpaired) electrons. The predicted molar refractivity (Wildman–Crippen MR) is 67.3 cm³/mol. The van der Waals surface area contributed by atoms with Crippen molar-refractivity contribution in [2.75, 3.05) is 6.54 Å². The van der Waals surface area contributed by atoms with Crippen molar-refractivity contribution in [1.82, 2.24) is 25.8 Å². The molecule has 0 unspecified atom stereocenters. The third-order valence-electron chi connectivity index (χ3n) is 2.20. The highest BCUT2D eigenvalue weighted by molar-refractivity contribution is 7.09. The number of hydrogen-bond donors (Lipinski definition) is 3. The molecule has 2 amide bonds. The molecule has 0 saturated carbocycles. The zero-order valence-electron chi connectivity index (χ0n) is 10.2. The first-order valence-corrected chi connectivity index (χ1v) is 6.48. The van der Waals surface area contributed by atoms with Gasteiger partial charge in [-0.2, -0.15) is 4.98 Å². The van der Waals surface area contributed by atoms with E-state index in [0.717, 1.165) is 0 Å². The minimum atomic E-state index is -1.09. The molecule has 0 atom stereocenters. The molecule has 3 N–H and O–H groups in total. The summed E-state index contributed by atoms with van der Waals surface area (Å²) in [6, 6.07) is -0.378. The van der Waals surface area contributed by atoms with Crippen molar-refractivity contribution in [3.05, 3.63) is 28.3 Å². The average molecular weight is 297 g/mol. The van der Waals surface area contributed by atoms with Gasteiger partial charge in [0.15, 0.2) is 12.0 Å². The van der Waals surface area contributed by atoms with Crippen molar-refractivity contribution in [1.29, 1.82) is 0 Å². The lowest BCUT2D eigenvalue weighted by atomic mass is 10.4. The van der Waals surface area contributed by atoms with E-state index in [9.17, 15) is 9.59 Å². The summed E-state index contributed by atoms with van der Waals surface area (Å²) in [5.41, 5.74) is -0.0244. The molecule has 0 aliphatic carbocycles. The Kier molecular flexibility index (Phi) is 4.60. The van der Waals surface area contributed by atoms with Gasteiger partial charge in [-0.25, -0.2) is 14.6 Å². The Morgan fingerprint density at radius 3 is 2.90 bits per heavy atom. The Bertz CT molecular complexity index is 582. The van der Waals surface area contributed by atoms with E-state index in [-0.39, 0.29) is 18.3 Å². The quantitative estimate of drug-likeness (QED) is 0.697. The number of nitrogens with zero attached hydrogens (tertiary/aromatic N) is 3. The van der Waals surface area contributed by atoms with E-state index in [1.807, 2.05) is 0 Å². The maximum Gasteiger partial charge on any atom is 0.355 e. The lowest BCUT2D eigenvalue weighted by molar-refractivity contribution is 0.0691. The number of aromatic carboxylic acids is 1. The molecule has 0 bridgehead atoms. The highest BCUT2D eigenvalue weighted by atomic mass is 32.1. The number of carbonyl (C=O) groups is 2. The van der Waals surface area contributed by atoms with Crippen LogP contribution in [-0.2, 0) is 13.0 Å². The number of carbonyl (C=O) groups excluding carboxylic acids is 1. The smallest absolute Gasteiger partial charge is 0.355 e. The normalized spacial score (nSPS) is 10.2. The summed E-state index contributed by atoms with van der Waals surface area (Å²) in [5, 5.41) is 19.3. The first-order valence-electron chi connectivity index (χ1n) is 5.60. The van der Waals surface area contributed by atoms with Gasteiger partial charge < -0.3 is 20.3 Å². The molecule has 2 heterocycles. The summed E-state index contributed by atoms with van der Waals surface area (Å²) in [7, 11) is 0. The summed E-state index contributed by atoms with van der Waals surface area (Å²) in [5.74, 6) is -0.646. The number of carboxylic acid groups (broad SMARTS) is 1. The standard InChI is InChI=1S/C10H11N5O4S/c16-9(17)6-4-20-8(15-6)3-12-10(18)11-2-1-7-13-5-14-19-7/h4-5H,1-3H2,(H,16,17)(H2,11,12,18). The van der Waals surface area contributed by atoms with Gasteiger partial charge in [-0.05, 0) is 0 Å². The fraction of sp³-hybridized carbons (Fsp3) is 0.300. The van der Waals surface area contributed by atoms with Gasteiger partial charge in [0, 0.05) is 18.3 Å². The summed E-state index contributed by atoms with van der Waals surface area (Å²) in [6.07, 6.45) is 1.73. The monoisotopic (exact) mass is 297 g/mol. The number of amides is 2. The summed E-state index contributed by atoms with van der Waals surface area (Å²) >= 11 is 1.17. The van der Waals surface area contributed by atoms with Gasteiger partial charge in [0.1, 0.15) is 5.01 Å². The number of carboxylic acids is 1. The van der Waals surface area contributed by atoms with Crippen molar-refractivity contribution in [3.63, 3.8) is 0 Å². The Morgan fingerprint density at radius 2 is 2.25 bits per heavy atom. The van der Waals surface area contributed by atoms with E-state index in [4.69, 9.17) is 9.63 Å². The molecular weight excluding hydrogens is 286 g/mol. The number of urea groups is 1. The third kappa shape index (κ3) is 4.02. The second kappa shape index (κ2) is 6.61. The first-order chi connectivity index (χ1) is 9.65. The van der Waals surface area contributed by atoms with Crippen LogP contribution in [-0.4, -0.2) is 38.8 Å². The minimum Gasteiger partial charge on any atom is -0.476 e. The van der Waals surface area contributed by atoms with Crippen LogP contribution in [0.25, 0.3) is 0 Å². The van der Waals surface area contributed by atoms with Crippen LogP contribution in [0.4, 0.5) is 4.79 Å². The van der Waals surface area contributed by atoms with Crippen LogP contribution in [0, 0.1) is 0 Å². The van der Waals surface area contributed by atoms with Gasteiger partial charge in [-0.1, -0.05) is 5.16 Å². The molecular formula is C10H11N5O4S. The van der Waals surface area contributed by atoms with Gasteiger partial charge in [0.2, 0.25) is 5.89 Å². The zero-order valence-corrected chi connectivity index (χ0v) is 11.0. The molecule has 2 aromatic rings. The number of aromatic nitrogens is 3. The van der Waals surface area contributed by atoms with Crippen molar-refractivity contribution < 1.29 is 19.2 Å². The molecule has 2 rings (SSSR count). The molecule has 2 aromatic heterocycles. The predicted octanol–water partition coefficient (Wildman–Crippen LogP) is 0.266. The zero-order chi connectivity index (χ0) is 14.4. The molecule has 0 aliphatic rings. The number of rotatable bonds is 6. The highest BCUT2D eigenvalue weighted by Gasteiger charge is 2.09. The van der Waals surface area contributed by atoms with Crippen LogP contribution in [0.1, 0.15) is 21.4 Å². The van der Waals surface area contributed by atoms with Crippen molar-refractivity contribution in [3.8, 4) is 0 Å². The number of nitrogens with one attached hydrogen (secondary N) is 2. The van der Waals surface area contributed by atoms with E-state index in [1.165, 1.54) is 23.0 Å². The molecule has 106 valence electrons. The van der Waals surface area contributed by atoms with Crippen LogP contribution in [0.5, 0.6) is 0 Å². The second-order valence-electron chi connectivity index (χ2n) is 3.63. The number of hydrogen-bond acceptors (Lipinski definition) is 7.